The minimum absolute atomic E-state index is 0.0698. The molecule has 173 valence electrons. The Kier molecular flexibility index (Phi) is 5.81. The van der Waals surface area contributed by atoms with Crippen LogP contribution in [0, 0.1) is 11.9 Å². The summed E-state index contributed by atoms with van der Waals surface area (Å²) in [6.07, 6.45) is -2.02. The van der Waals surface area contributed by atoms with Crippen LogP contribution >= 0.6 is 0 Å². The standard InChI is InChI=1S/C26H20F4N3O/c27-25-20-12-18(8-10-22(20)32-33-25)24(19-9-11-23(31-14-19)34-15-16-6-7-16)21(13-26(28,29)30)17-4-2-1-3-5-17/h1-5,8-12,14H,6-7,13,15H2,(H,32,33)/b24-21-. The van der Waals surface area contributed by atoms with Crippen LogP contribution in [0.1, 0.15) is 36.0 Å². The number of aromatic amines is 1. The second kappa shape index (κ2) is 8.93. The zero-order chi connectivity index (χ0) is 23.7. The number of alkyl halides is 3. The van der Waals surface area contributed by atoms with E-state index in [2.05, 4.69) is 15.2 Å². The van der Waals surface area contributed by atoms with Crippen LogP contribution in [-0.2, 0) is 0 Å². The number of hydrogen-bond acceptors (Lipinski definition) is 3. The fourth-order valence-electron chi connectivity index (χ4n) is 3.85. The zero-order valence-electron chi connectivity index (χ0n) is 18.0. The molecule has 0 bridgehead atoms. The predicted molar refractivity (Wildman–Crippen MR) is 121 cm³/mol. The third kappa shape index (κ3) is 4.95. The van der Waals surface area contributed by atoms with E-state index in [0.29, 0.717) is 40.3 Å². The van der Waals surface area contributed by atoms with Crippen molar-refractivity contribution in [3.05, 3.63) is 95.4 Å². The van der Waals surface area contributed by atoms with Gasteiger partial charge in [-0.15, -0.1) is 5.10 Å². The first kappa shape index (κ1) is 22.1. The maximum atomic E-state index is 14.2. The van der Waals surface area contributed by atoms with Gasteiger partial charge in [-0.2, -0.15) is 17.6 Å². The second-order valence-corrected chi connectivity index (χ2v) is 8.21. The third-order valence-electron chi connectivity index (χ3n) is 5.66. The van der Waals surface area contributed by atoms with Crippen LogP contribution in [0.15, 0.2) is 66.9 Å². The van der Waals surface area contributed by atoms with Crippen LogP contribution in [0.2, 0.25) is 0 Å². The molecule has 1 aliphatic rings. The van der Waals surface area contributed by atoms with Gasteiger partial charge in [0.15, 0.2) is 0 Å². The Morgan fingerprint density at radius 1 is 0.941 bits per heavy atom. The Bertz CT molecular complexity index is 1320. The normalized spacial score (nSPS) is 14.8. The average Bonchev–Trinajstić information content (AvgIpc) is 3.59. The molecule has 0 atom stereocenters. The summed E-state index contributed by atoms with van der Waals surface area (Å²) in [7, 11) is 0. The Labute approximate surface area is 193 Å². The fourth-order valence-corrected chi connectivity index (χ4v) is 3.85. The number of benzene rings is 2. The highest BCUT2D eigenvalue weighted by atomic mass is 19.4. The molecule has 34 heavy (non-hydrogen) atoms. The number of H-pyrrole nitrogens is 1. The molecule has 4 nitrogen and oxygen atoms in total. The predicted octanol–water partition coefficient (Wildman–Crippen LogP) is 6.76. The summed E-state index contributed by atoms with van der Waals surface area (Å²) >= 11 is 0. The maximum absolute atomic E-state index is 14.2. The van der Waals surface area contributed by atoms with Crippen LogP contribution in [0.5, 0.6) is 5.88 Å². The van der Waals surface area contributed by atoms with Gasteiger partial charge >= 0.3 is 6.18 Å². The van der Waals surface area contributed by atoms with E-state index in [1.165, 1.54) is 18.2 Å². The summed E-state index contributed by atoms with van der Waals surface area (Å²) in [6.45, 7) is 0.495. The molecule has 1 aliphatic carbocycles. The molecule has 4 aromatic rings. The van der Waals surface area contributed by atoms with Gasteiger partial charge in [-0.3, -0.25) is 5.10 Å². The molecular weight excluding hydrogens is 446 g/mol. The molecule has 5 rings (SSSR count). The molecule has 8 heteroatoms. The molecule has 0 amide bonds. The SMILES string of the molecule is Fc1n[nH]c2ccc(/C(=C(\CC(F)(F)F)c3ccccc3)c3ccc(OC[C]4CC4)nc3)cc12. The summed E-state index contributed by atoms with van der Waals surface area (Å²) in [5.41, 5.74) is 2.17. The fraction of sp³-hybridized carbons (Fsp3) is 0.192. The molecular formula is C26H20F4N3O. The second-order valence-electron chi connectivity index (χ2n) is 8.21. The van der Waals surface area contributed by atoms with Crippen molar-refractivity contribution in [2.45, 2.75) is 25.4 Å². The summed E-state index contributed by atoms with van der Waals surface area (Å²) in [6, 6.07) is 16.5. The number of fused-ring (bicyclic) bond motifs is 1. The lowest BCUT2D eigenvalue weighted by Crippen LogP contribution is -2.10. The quantitative estimate of drug-likeness (QED) is 0.242. The van der Waals surface area contributed by atoms with Crippen molar-refractivity contribution in [3.63, 3.8) is 0 Å². The van der Waals surface area contributed by atoms with E-state index in [1.54, 1.807) is 54.6 Å². The number of rotatable bonds is 7. The van der Waals surface area contributed by atoms with Crippen LogP contribution in [0.25, 0.3) is 22.0 Å². The Hall–Kier alpha value is -3.68. The van der Waals surface area contributed by atoms with E-state index in [0.717, 1.165) is 12.8 Å². The Morgan fingerprint density at radius 3 is 2.38 bits per heavy atom. The van der Waals surface area contributed by atoms with Gasteiger partial charge in [0.25, 0.3) is 0 Å². The highest BCUT2D eigenvalue weighted by Gasteiger charge is 2.32. The Morgan fingerprint density at radius 2 is 1.71 bits per heavy atom. The van der Waals surface area contributed by atoms with Crippen molar-refractivity contribution in [2.24, 2.45) is 0 Å². The van der Waals surface area contributed by atoms with Crippen LogP contribution < -0.4 is 4.74 Å². The lowest BCUT2D eigenvalue weighted by Gasteiger charge is -2.19. The van der Waals surface area contributed by atoms with Crippen molar-refractivity contribution in [1.82, 2.24) is 15.2 Å². The van der Waals surface area contributed by atoms with E-state index in [1.807, 2.05) is 0 Å². The van der Waals surface area contributed by atoms with E-state index in [9.17, 15) is 17.6 Å². The first-order chi connectivity index (χ1) is 16.4. The number of nitrogens with one attached hydrogen (secondary N) is 1. The number of allylic oxidation sites excluding steroid dienone is 1. The summed E-state index contributed by atoms with van der Waals surface area (Å²) in [5.74, 6) is 0.988. The zero-order valence-corrected chi connectivity index (χ0v) is 18.0. The van der Waals surface area contributed by atoms with Gasteiger partial charge in [0.05, 0.1) is 23.9 Å². The van der Waals surface area contributed by atoms with Gasteiger partial charge in [-0.1, -0.05) is 36.4 Å². The van der Waals surface area contributed by atoms with E-state index >= 15 is 0 Å². The van der Waals surface area contributed by atoms with Gasteiger partial charge in [0.2, 0.25) is 11.8 Å². The number of halogens is 4. The molecule has 2 aromatic carbocycles. The number of pyridine rings is 1. The van der Waals surface area contributed by atoms with Crippen molar-refractivity contribution in [3.8, 4) is 5.88 Å². The lowest BCUT2D eigenvalue weighted by molar-refractivity contribution is -0.122. The molecule has 2 heterocycles. The van der Waals surface area contributed by atoms with Gasteiger partial charge in [-0.05, 0) is 53.3 Å². The third-order valence-corrected chi connectivity index (χ3v) is 5.66. The van der Waals surface area contributed by atoms with E-state index in [-0.39, 0.29) is 11.0 Å². The van der Waals surface area contributed by atoms with Crippen molar-refractivity contribution in [1.29, 1.82) is 0 Å². The number of hydrogen-bond donors (Lipinski definition) is 1. The molecule has 1 saturated carbocycles. The smallest absolute Gasteiger partial charge is 0.393 e. The molecule has 0 spiro atoms. The molecule has 2 aromatic heterocycles. The van der Waals surface area contributed by atoms with Crippen LogP contribution in [0.3, 0.4) is 0 Å². The largest absolute Gasteiger partial charge is 0.477 e. The summed E-state index contributed by atoms with van der Waals surface area (Å²) < 4.78 is 61.1. The molecule has 1 radical (unpaired) electrons. The number of ether oxygens (including phenoxy) is 1. The first-order valence-electron chi connectivity index (χ1n) is 10.8. The van der Waals surface area contributed by atoms with E-state index < -0.39 is 18.5 Å². The van der Waals surface area contributed by atoms with E-state index in [4.69, 9.17) is 4.74 Å². The van der Waals surface area contributed by atoms with Gasteiger partial charge in [-0.25, -0.2) is 4.98 Å². The van der Waals surface area contributed by atoms with Crippen molar-refractivity contribution < 1.29 is 22.3 Å². The molecule has 0 unspecified atom stereocenters. The minimum atomic E-state index is -4.46. The lowest BCUT2D eigenvalue weighted by atomic mass is 9.88. The van der Waals surface area contributed by atoms with Crippen molar-refractivity contribution >= 4 is 22.0 Å². The van der Waals surface area contributed by atoms with Gasteiger partial charge in [0, 0.05) is 23.7 Å². The average molecular weight is 466 g/mol. The number of nitrogens with zero attached hydrogens (tertiary/aromatic N) is 2. The minimum Gasteiger partial charge on any atom is -0.477 e. The van der Waals surface area contributed by atoms with Gasteiger partial charge < -0.3 is 4.74 Å². The molecule has 1 N–H and O–H groups in total. The maximum Gasteiger partial charge on any atom is 0.393 e. The highest BCUT2D eigenvalue weighted by molar-refractivity contribution is 6.00. The molecule has 0 aliphatic heterocycles. The molecule has 1 fully saturated rings. The monoisotopic (exact) mass is 466 g/mol. The topological polar surface area (TPSA) is 50.8 Å². The Balaban J connectivity index is 1.68. The first-order valence-corrected chi connectivity index (χ1v) is 10.8. The summed E-state index contributed by atoms with van der Waals surface area (Å²) in [4.78, 5) is 4.32. The highest BCUT2D eigenvalue weighted by Crippen LogP contribution is 2.40. The molecule has 0 saturated heterocycles. The van der Waals surface area contributed by atoms with Crippen LogP contribution in [0.4, 0.5) is 17.6 Å². The number of aromatic nitrogens is 3. The van der Waals surface area contributed by atoms with Gasteiger partial charge in [0.1, 0.15) is 0 Å². The van der Waals surface area contributed by atoms with Crippen molar-refractivity contribution in [2.75, 3.05) is 6.61 Å². The summed E-state index contributed by atoms with van der Waals surface area (Å²) in [5, 5.41) is 6.34. The van der Waals surface area contributed by atoms with Crippen LogP contribution in [-0.4, -0.2) is 28.0 Å².